The molecule has 0 spiro atoms. The monoisotopic (exact) mass is 208 g/mol. The molecule has 0 bridgehead atoms. The number of imidazole rings is 1. The van der Waals surface area contributed by atoms with E-state index in [0.717, 1.165) is 11.5 Å². The molecule has 1 aromatic heterocycles. The van der Waals surface area contributed by atoms with E-state index in [0.29, 0.717) is 5.96 Å². The number of rotatable bonds is 0. The zero-order chi connectivity index (χ0) is 11.2. The van der Waals surface area contributed by atoms with Crippen LogP contribution in [0.1, 0.15) is 32.6 Å². The maximum Gasteiger partial charge on any atom is 0.196 e. The van der Waals surface area contributed by atoms with Gasteiger partial charge >= 0.3 is 0 Å². The summed E-state index contributed by atoms with van der Waals surface area (Å²) in [6.07, 6.45) is 1.29. The van der Waals surface area contributed by atoms with Gasteiger partial charge in [-0.15, -0.1) is 0 Å². The third kappa shape index (κ3) is 1.56. The fraction of sp³-hybridized carbons (Fsp3) is 0.556. The molecule has 1 aliphatic rings. The molecule has 1 aliphatic heterocycles. The molecule has 1 atom stereocenters. The highest BCUT2D eigenvalue weighted by molar-refractivity contribution is 5.93. The van der Waals surface area contributed by atoms with E-state index in [1.54, 1.807) is 6.33 Å². The minimum Gasteiger partial charge on any atom is -0.370 e. The zero-order valence-electron chi connectivity index (χ0n) is 9.15. The first-order valence-corrected chi connectivity index (χ1v) is 4.83. The summed E-state index contributed by atoms with van der Waals surface area (Å²) in [6.45, 7) is 6.26. The number of anilines is 1. The van der Waals surface area contributed by atoms with Crippen molar-refractivity contribution in [1.82, 2.24) is 9.55 Å². The van der Waals surface area contributed by atoms with Gasteiger partial charge in [-0.3, -0.25) is 0 Å². The fourth-order valence-corrected chi connectivity index (χ4v) is 1.58. The molecule has 0 radical (unpaired) electrons. The summed E-state index contributed by atoms with van der Waals surface area (Å²) in [5, 5.41) is 2.99. The Hall–Kier alpha value is -1.56. The van der Waals surface area contributed by atoms with E-state index < -0.39 is 6.17 Å². The summed E-state index contributed by atoms with van der Waals surface area (Å²) < 4.78 is 2.00. The highest BCUT2D eigenvalue weighted by Crippen LogP contribution is 2.29. The van der Waals surface area contributed by atoms with E-state index in [4.69, 9.17) is 11.5 Å². The molecule has 82 valence electrons. The number of hydrogen-bond acceptors (Lipinski definition) is 5. The van der Waals surface area contributed by atoms with Gasteiger partial charge in [0.25, 0.3) is 0 Å². The predicted molar refractivity (Wildman–Crippen MR) is 59.4 cm³/mol. The van der Waals surface area contributed by atoms with Crippen molar-refractivity contribution in [3.63, 3.8) is 0 Å². The van der Waals surface area contributed by atoms with Gasteiger partial charge in [-0.25, -0.2) is 9.98 Å². The van der Waals surface area contributed by atoms with Gasteiger partial charge in [0.2, 0.25) is 0 Å². The molecule has 15 heavy (non-hydrogen) atoms. The fourth-order valence-electron chi connectivity index (χ4n) is 1.58. The van der Waals surface area contributed by atoms with Crippen LogP contribution < -0.4 is 16.8 Å². The lowest BCUT2D eigenvalue weighted by Crippen LogP contribution is -2.33. The number of nitrogens with one attached hydrogen (secondary N) is 1. The summed E-state index contributed by atoms with van der Waals surface area (Å²) in [6, 6.07) is 0. The van der Waals surface area contributed by atoms with Crippen LogP contribution in [0.5, 0.6) is 0 Å². The topological polar surface area (TPSA) is 94.2 Å². The third-order valence-corrected chi connectivity index (χ3v) is 2.32. The Balaban J connectivity index is 2.50. The first-order chi connectivity index (χ1) is 6.89. The van der Waals surface area contributed by atoms with Gasteiger partial charge in [0, 0.05) is 5.54 Å². The first-order valence-electron chi connectivity index (χ1n) is 4.83. The van der Waals surface area contributed by atoms with E-state index in [-0.39, 0.29) is 5.54 Å². The van der Waals surface area contributed by atoms with Crippen molar-refractivity contribution < 1.29 is 0 Å². The molecule has 2 heterocycles. The van der Waals surface area contributed by atoms with Crippen molar-refractivity contribution in [2.75, 3.05) is 5.32 Å². The molecule has 0 saturated heterocycles. The Morgan fingerprint density at radius 3 is 2.73 bits per heavy atom. The summed E-state index contributed by atoms with van der Waals surface area (Å²) >= 11 is 0. The largest absolute Gasteiger partial charge is 0.370 e. The quantitative estimate of drug-likeness (QED) is 0.573. The Morgan fingerprint density at radius 1 is 1.47 bits per heavy atom. The third-order valence-electron chi connectivity index (χ3n) is 2.32. The molecule has 1 unspecified atom stereocenters. The van der Waals surface area contributed by atoms with Gasteiger partial charge in [0.1, 0.15) is 17.7 Å². The first kappa shape index (κ1) is 9.97. The molecule has 6 heteroatoms. The van der Waals surface area contributed by atoms with Gasteiger partial charge in [-0.2, -0.15) is 0 Å². The Labute approximate surface area is 88.4 Å². The van der Waals surface area contributed by atoms with Gasteiger partial charge in [-0.05, 0) is 20.8 Å². The lowest BCUT2D eigenvalue weighted by atomic mass is 10.1. The van der Waals surface area contributed by atoms with Crippen LogP contribution in [0, 0.1) is 0 Å². The SMILES string of the molecule is CC(C)(C)n1cnc2c1NC(N)=NC2N. The van der Waals surface area contributed by atoms with Crippen LogP contribution in [0.15, 0.2) is 11.3 Å². The summed E-state index contributed by atoms with van der Waals surface area (Å²) in [7, 11) is 0. The highest BCUT2D eigenvalue weighted by atomic mass is 15.3. The van der Waals surface area contributed by atoms with Gasteiger partial charge < -0.3 is 21.4 Å². The number of aromatic nitrogens is 2. The van der Waals surface area contributed by atoms with Gasteiger partial charge in [0.05, 0.1) is 6.33 Å². The summed E-state index contributed by atoms with van der Waals surface area (Å²) in [5.74, 6) is 1.17. The minimum atomic E-state index is -0.468. The number of nitrogens with two attached hydrogens (primary N) is 2. The molecule has 1 aromatic rings. The maximum absolute atomic E-state index is 5.81. The molecule has 0 saturated carbocycles. The molecular formula is C9H16N6. The smallest absolute Gasteiger partial charge is 0.196 e. The second kappa shape index (κ2) is 2.96. The number of nitrogens with zero attached hydrogens (tertiary/aromatic N) is 3. The van der Waals surface area contributed by atoms with Crippen LogP contribution in [0.2, 0.25) is 0 Å². The van der Waals surface area contributed by atoms with Crippen molar-refractivity contribution in [1.29, 1.82) is 0 Å². The second-order valence-corrected chi connectivity index (χ2v) is 4.60. The Morgan fingerprint density at radius 2 is 2.13 bits per heavy atom. The van der Waals surface area contributed by atoms with E-state index in [1.165, 1.54) is 0 Å². The Kier molecular flexibility index (Phi) is 1.97. The van der Waals surface area contributed by atoms with E-state index in [1.807, 2.05) is 4.57 Å². The average molecular weight is 208 g/mol. The highest BCUT2D eigenvalue weighted by Gasteiger charge is 2.26. The van der Waals surface area contributed by atoms with Crippen molar-refractivity contribution in [2.24, 2.45) is 16.5 Å². The van der Waals surface area contributed by atoms with E-state index >= 15 is 0 Å². The number of guanidine groups is 1. The molecular weight excluding hydrogens is 192 g/mol. The molecule has 0 fully saturated rings. The molecule has 5 N–H and O–H groups in total. The maximum atomic E-state index is 5.81. The van der Waals surface area contributed by atoms with Crippen molar-refractivity contribution in [3.8, 4) is 0 Å². The van der Waals surface area contributed by atoms with Crippen LogP contribution in [0.25, 0.3) is 0 Å². The predicted octanol–water partition coefficient (Wildman–Crippen LogP) is 0.336. The molecule has 0 aromatic carbocycles. The lowest BCUT2D eigenvalue weighted by molar-refractivity contribution is 0.401. The van der Waals surface area contributed by atoms with Crippen molar-refractivity contribution >= 4 is 11.8 Å². The number of fused-ring (bicyclic) bond motifs is 1. The second-order valence-electron chi connectivity index (χ2n) is 4.60. The van der Waals surface area contributed by atoms with E-state index in [2.05, 4.69) is 36.1 Å². The number of hydrogen-bond donors (Lipinski definition) is 3. The minimum absolute atomic E-state index is 0.0646. The van der Waals surface area contributed by atoms with Gasteiger partial charge in [0.15, 0.2) is 5.96 Å². The van der Waals surface area contributed by atoms with Crippen LogP contribution in [-0.4, -0.2) is 15.5 Å². The van der Waals surface area contributed by atoms with Gasteiger partial charge in [-0.1, -0.05) is 0 Å². The van der Waals surface area contributed by atoms with E-state index in [9.17, 15) is 0 Å². The van der Waals surface area contributed by atoms with Crippen molar-refractivity contribution in [2.45, 2.75) is 32.5 Å². The number of aliphatic imine (C=N–C) groups is 1. The van der Waals surface area contributed by atoms with Crippen LogP contribution in [0.4, 0.5) is 5.82 Å². The van der Waals surface area contributed by atoms with Crippen LogP contribution in [0.3, 0.4) is 0 Å². The van der Waals surface area contributed by atoms with Crippen LogP contribution in [-0.2, 0) is 5.54 Å². The lowest BCUT2D eigenvalue weighted by Gasteiger charge is -2.26. The normalized spacial score (nSPS) is 20.5. The summed E-state index contributed by atoms with van der Waals surface area (Å²) in [5.41, 5.74) is 12.1. The average Bonchev–Trinajstić information content (AvgIpc) is 2.45. The molecule has 6 nitrogen and oxygen atoms in total. The van der Waals surface area contributed by atoms with Crippen molar-refractivity contribution in [3.05, 3.63) is 12.0 Å². The van der Waals surface area contributed by atoms with Crippen LogP contribution >= 0.6 is 0 Å². The zero-order valence-corrected chi connectivity index (χ0v) is 9.15. The standard InChI is InChI=1S/C9H16N6/c1-9(2,3)15-4-12-5-6(10)13-8(11)14-7(5)15/h4,6H,10H2,1-3H3,(H3,11,13,14). The molecule has 0 aliphatic carbocycles. The molecule has 2 rings (SSSR count). The Bertz CT molecular complexity index is 411. The summed E-state index contributed by atoms with van der Waals surface area (Å²) in [4.78, 5) is 8.26. The molecule has 0 amide bonds.